The first-order valence-corrected chi connectivity index (χ1v) is 4.92. The molecule has 0 bridgehead atoms. The molecule has 2 nitrogen and oxygen atoms in total. The number of rotatable bonds is 0. The number of benzene rings is 1. The number of Topliss-reactive ketones (excluding diaryl/α,β-unsaturated/α-hetero) is 1. The van der Waals surface area contributed by atoms with Crippen LogP contribution in [0.15, 0.2) is 12.1 Å². The summed E-state index contributed by atoms with van der Waals surface area (Å²) in [5.41, 5.74) is 3.78. The highest BCUT2D eigenvalue weighted by molar-refractivity contribution is 5.99. The van der Waals surface area contributed by atoms with Gasteiger partial charge in [-0.25, -0.2) is 0 Å². The first-order chi connectivity index (χ1) is 6.59. The Kier molecular flexibility index (Phi) is 2.16. The van der Waals surface area contributed by atoms with Gasteiger partial charge in [-0.2, -0.15) is 0 Å². The van der Waals surface area contributed by atoms with Crippen LogP contribution in [-0.2, 0) is 0 Å². The van der Waals surface area contributed by atoms with Gasteiger partial charge >= 0.3 is 0 Å². The molecule has 0 saturated heterocycles. The normalized spacial score (nSPS) is 20.8. The third-order valence-electron chi connectivity index (χ3n) is 2.97. The summed E-state index contributed by atoms with van der Waals surface area (Å²) in [6.45, 7) is 3.99. The highest BCUT2D eigenvalue weighted by atomic mass is 16.3. The summed E-state index contributed by atoms with van der Waals surface area (Å²) in [4.78, 5) is 11.6. The number of carbonyl (C=O) groups is 1. The summed E-state index contributed by atoms with van der Waals surface area (Å²) >= 11 is 0. The Bertz CT molecular complexity index is 394. The highest BCUT2D eigenvalue weighted by Crippen LogP contribution is 2.31. The van der Waals surface area contributed by atoms with E-state index >= 15 is 0 Å². The fraction of sp³-hybridized carbons (Fsp3) is 0.417. The maximum Gasteiger partial charge on any atom is 0.163 e. The lowest BCUT2D eigenvalue weighted by atomic mass is 9.86. The molecule has 0 aromatic heterocycles. The molecular weight excluding hydrogens is 176 g/mol. The van der Waals surface area contributed by atoms with E-state index in [9.17, 15) is 9.90 Å². The van der Waals surface area contributed by atoms with Crippen molar-refractivity contribution in [3.05, 3.63) is 34.4 Å². The minimum Gasteiger partial charge on any atom is -0.388 e. The van der Waals surface area contributed by atoms with Gasteiger partial charge < -0.3 is 5.11 Å². The van der Waals surface area contributed by atoms with Crippen molar-refractivity contribution in [2.75, 3.05) is 0 Å². The Morgan fingerprint density at radius 2 is 1.93 bits per heavy atom. The predicted octanol–water partition coefficient (Wildman–Crippen LogP) is 2.31. The molecule has 0 radical (unpaired) electrons. The second-order valence-electron chi connectivity index (χ2n) is 4.00. The number of ketones is 1. The van der Waals surface area contributed by atoms with Crippen molar-refractivity contribution in [1.29, 1.82) is 0 Å². The van der Waals surface area contributed by atoms with E-state index in [0.29, 0.717) is 18.4 Å². The van der Waals surface area contributed by atoms with Gasteiger partial charge in [0.15, 0.2) is 5.78 Å². The number of aryl methyl sites for hydroxylation is 2. The molecule has 2 rings (SSSR count). The van der Waals surface area contributed by atoms with E-state index in [4.69, 9.17) is 0 Å². The van der Waals surface area contributed by atoms with E-state index in [1.54, 1.807) is 0 Å². The van der Waals surface area contributed by atoms with Crippen LogP contribution < -0.4 is 0 Å². The molecule has 14 heavy (non-hydrogen) atoms. The zero-order chi connectivity index (χ0) is 10.3. The fourth-order valence-corrected chi connectivity index (χ4v) is 1.91. The number of aliphatic hydroxyl groups excluding tert-OH is 1. The average Bonchev–Trinajstić information content (AvgIpc) is 2.15. The van der Waals surface area contributed by atoms with Crippen LogP contribution in [0.1, 0.15) is 46.0 Å². The molecule has 0 heterocycles. The van der Waals surface area contributed by atoms with Gasteiger partial charge in [-0.1, -0.05) is 6.07 Å². The first kappa shape index (κ1) is 9.41. The molecule has 1 N–H and O–H groups in total. The fourth-order valence-electron chi connectivity index (χ4n) is 1.91. The third kappa shape index (κ3) is 1.36. The van der Waals surface area contributed by atoms with Gasteiger partial charge in [0.25, 0.3) is 0 Å². The third-order valence-corrected chi connectivity index (χ3v) is 2.97. The van der Waals surface area contributed by atoms with Crippen LogP contribution in [0, 0.1) is 13.8 Å². The highest BCUT2D eigenvalue weighted by Gasteiger charge is 2.24. The van der Waals surface area contributed by atoms with E-state index in [2.05, 4.69) is 0 Å². The summed E-state index contributed by atoms with van der Waals surface area (Å²) in [5.74, 6) is 0.161. The lowest BCUT2D eigenvalue weighted by Crippen LogP contribution is -2.16. The van der Waals surface area contributed by atoms with Gasteiger partial charge in [-0.3, -0.25) is 4.79 Å². The monoisotopic (exact) mass is 190 g/mol. The summed E-state index contributed by atoms with van der Waals surface area (Å²) in [6, 6.07) is 3.84. The van der Waals surface area contributed by atoms with Crippen molar-refractivity contribution in [1.82, 2.24) is 0 Å². The first-order valence-electron chi connectivity index (χ1n) is 4.92. The molecule has 0 spiro atoms. The maximum atomic E-state index is 11.6. The molecule has 0 saturated carbocycles. The summed E-state index contributed by atoms with van der Waals surface area (Å²) in [7, 11) is 0. The Morgan fingerprint density at radius 3 is 2.64 bits per heavy atom. The lowest BCUT2D eigenvalue weighted by molar-refractivity contribution is 0.0897. The van der Waals surface area contributed by atoms with Crippen molar-refractivity contribution in [3.63, 3.8) is 0 Å². The number of fused-ring (bicyclic) bond motifs is 1. The van der Waals surface area contributed by atoms with Gasteiger partial charge in [0.2, 0.25) is 0 Å². The van der Waals surface area contributed by atoms with E-state index in [0.717, 1.165) is 16.7 Å². The molecule has 1 atom stereocenters. The minimum atomic E-state index is -0.456. The molecule has 0 amide bonds. The molecule has 74 valence electrons. The van der Waals surface area contributed by atoms with E-state index in [-0.39, 0.29) is 5.78 Å². The van der Waals surface area contributed by atoms with Crippen molar-refractivity contribution in [2.45, 2.75) is 32.8 Å². The smallest absolute Gasteiger partial charge is 0.163 e. The standard InChI is InChI=1S/C12H14O2/c1-7-5-9-10(6-8(7)2)12(14)4-3-11(9)13/h5-6,11,13H,3-4H2,1-2H3. The molecule has 1 aliphatic rings. The largest absolute Gasteiger partial charge is 0.388 e. The van der Waals surface area contributed by atoms with Crippen molar-refractivity contribution >= 4 is 5.78 Å². The summed E-state index contributed by atoms with van der Waals surface area (Å²) < 4.78 is 0. The Balaban J connectivity index is 2.62. The van der Waals surface area contributed by atoms with Crippen LogP contribution >= 0.6 is 0 Å². The van der Waals surface area contributed by atoms with Crippen LogP contribution in [0.25, 0.3) is 0 Å². The predicted molar refractivity (Wildman–Crippen MR) is 54.4 cm³/mol. The van der Waals surface area contributed by atoms with Crippen molar-refractivity contribution < 1.29 is 9.90 Å². The number of hydrogen-bond donors (Lipinski definition) is 1. The van der Waals surface area contributed by atoms with Crippen LogP contribution in [-0.4, -0.2) is 10.9 Å². The molecule has 0 fully saturated rings. The van der Waals surface area contributed by atoms with Gasteiger partial charge in [0.05, 0.1) is 6.10 Å². The van der Waals surface area contributed by atoms with Crippen molar-refractivity contribution in [3.8, 4) is 0 Å². The summed E-state index contributed by atoms with van der Waals surface area (Å²) in [5, 5.41) is 9.74. The number of aliphatic hydroxyl groups is 1. The Morgan fingerprint density at radius 1 is 1.29 bits per heavy atom. The summed E-state index contributed by atoms with van der Waals surface area (Å²) in [6.07, 6.45) is 0.576. The Labute approximate surface area is 83.6 Å². The topological polar surface area (TPSA) is 37.3 Å². The zero-order valence-corrected chi connectivity index (χ0v) is 8.50. The lowest BCUT2D eigenvalue weighted by Gasteiger charge is -2.21. The quantitative estimate of drug-likeness (QED) is 0.681. The van der Waals surface area contributed by atoms with E-state index in [1.165, 1.54) is 0 Å². The minimum absolute atomic E-state index is 0.161. The molecule has 1 aromatic rings. The molecule has 1 aromatic carbocycles. The van der Waals surface area contributed by atoms with Gasteiger partial charge in [-0.05, 0) is 43.0 Å². The Hall–Kier alpha value is -1.15. The van der Waals surface area contributed by atoms with Crippen LogP contribution in [0.5, 0.6) is 0 Å². The van der Waals surface area contributed by atoms with Crippen LogP contribution in [0.2, 0.25) is 0 Å². The molecule has 1 aliphatic carbocycles. The number of hydrogen-bond acceptors (Lipinski definition) is 2. The van der Waals surface area contributed by atoms with Crippen LogP contribution in [0.3, 0.4) is 0 Å². The molecule has 2 heteroatoms. The number of carbonyl (C=O) groups excluding carboxylic acids is 1. The van der Waals surface area contributed by atoms with Gasteiger partial charge in [0, 0.05) is 12.0 Å². The van der Waals surface area contributed by atoms with Crippen LogP contribution in [0.4, 0.5) is 0 Å². The second kappa shape index (κ2) is 3.21. The second-order valence-corrected chi connectivity index (χ2v) is 4.00. The molecular formula is C12H14O2. The van der Waals surface area contributed by atoms with E-state index in [1.807, 2.05) is 26.0 Å². The maximum absolute atomic E-state index is 11.6. The van der Waals surface area contributed by atoms with Gasteiger partial charge in [0.1, 0.15) is 0 Å². The SMILES string of the molecule is Cc1cc2c(cc1C)C(O)CCC2=O. The van der Waals surface area contributed by atoms with Gasteiger partial charge in [-0.15, -0.1) is 0 Å². The van der Waals surface area contributed by atoms with E-state index < -0.39 is 6.10 Å². The van der Waals surface area contributed by atoms with Crippen molar-refractivity contribution in [2.24, 2.45) is 0 Å². The average molecular weight is 190 g/mol. The molecule has 1 unspecified atom stereocenters. The zero-order valence-electron chi connectivity index (χ0n) is 8.50. The molecule has 0 aliphatic heterocycles.